The van der Waals surface area contributed by atoms with Crippen molar-refractivity contribution in [3.8, 4) is 0 Å². The summed E-state index contributed by atoms with van der Waals surface area (Å²) in [6, 6.07) is 10.5. The zero-order chi connectivity index (χ0) is 15.2. The monoisotopic (exact) mass is 305 g/mol. The minimum atomic E-state index is 0.203. The average Bonchev–Trinajstić information content (AvgIpc) is 2.45. The largest absolute Gasteiger partial charge is 0.354 e. The summed E-state index contributed by atoms with van der Waals surface area (Å²) in [6.07, 6.45) is 0. The summed E-state index contributed by atoms with van der Waals surface area (Å²) >= 11 is 6.01. The number of nitrogens with one attached hydrogen (secondary N) is 1. The van der Waals surface area contributed by atoms with E-state index in [0.29, 0.717) is 11.9 Å². The number of hydrogen-bond donors (Lipinski definition) is 1. The molecule has 0 atom stereocenters. The van der Waals surface area contributed by atoms with Gasteiger partial charge in [0, 0.05) is 19.1 Å². The summed E-state index contributed by atoms with van der Waals surface area (Å²) in [5.41, 5.74) is 1.20. The van der Waals surface area contributed by atoms with Crippen LogP contribution in [-0.2, 0) is 6.54 Å². The fraction of sp³-hybridized carbons (Fsp3) is 0.400. The number of hydrogen-bond acceptors (Lipinski definition) is 5. The van der Waals surface area contributed by atoms with Crippen LogP contribution < -0.4 is 10.2 Å². The van der Waals surface area contributed by atoms with Gasteiger partial charge in [0.1, 0.15) is 0 Å². The molecule has 6 heteroatoms. The lowest BCUT2D eigenvalue weighted by molar-refractivity contribution is 0.658. The maximum Gasteiger partial charge on any atom is 0.232 e. The number of rotatable bonds is 6. The Labute approximate surface area is 130 Å². The van der Waals surface area contributed by atoms with E-state index in [1.54, 1.807) is 0 Å². The van der Waals surface area contributed by atoms with Crippen molar-refractivity contribution in [2.24, 2.45) is 0 Å². The SMILES string of the molecule is CCNc1nc(Cl)nc(N(Cc2ccccc2)C(C)C)n1. The van der Waals surface area contributed by atoms with Crippen molar-refractivity contribution in [1.29, 1.82) is 0 Å². The van der Waals surface area contributed by atoms with E-state index in [0.717, 1.165) is 13.1 Å². The van der Waals surface area contributed by atoms with E-state index in [2.05, 4.69) is 51.1 Å². The molecule has 0 unspecified atom stereocenters. The maximum absolute atomic E-state index is 6.01. The van der Waals surface area contributed by atoms with Crippen LogP contribution in [0.15, 0.2) is 30.3 Å². The van der Waals surface area contributed by atoms with Crippen LogP contribution in [0.2, 0.25) is 5.28 Å². The van der Waals surface area contributed by atoms with Crippen LogP contribution in [0.5, 0.6) is 0 Å². The van der Waals surface area contributed by atoms with Crippen LogP contribution >= 0.6 is 11.6 Å². The van der Waals surface area contributed by atoms with E-state index in [1.165, 1.54) is 5.56 Å². The Bertz CT molecular complexity index is 574. The van der Waals surface area contributed by atoms with Gasteiger partial charge in [0.15, 0.2) is 0 Å². The third-order valence-electron chi connectivity index (χ3n) is 3.01. The van der Waals surface area contributed by atoms with Crippen LogP contribution in [0, 0.1) is 0 Å². The minimum Gasteiger partial charge on any atom is -0.354 e. The lowest BCUT2D eigenvalue weighted by Crippen LogP contribution is -2.32. The van der Waals surface area contributed by atoms with Gasteiger partial charge in [0.05, 0.1) is 0 Å². The normalized spacial score (nSPS) is 10.7. The molecule has 0 spiro atoms. The molecule has 0 amide bonds. The van der Waals surface area contributed by atoms with Crippen LogP contribution in [-0.4, -0.2) is 27.5 Å². The molecule has 2 aromatic rings. The van der Waals surface area contributed by atoms with Crippen molar-refractivity contribution in [1.82, 2.24) is 15.0 Å². The van der Waals surface area contributed by atoms with Crippen LogP contribution in [0.1, 0.15) is 26.3 Å². The standard InChI is InChI=1S/C15H20ClN5/c1-4-17-14-18-13(16)19-15(20-14)21(11(2)3)10-12-8-6-5-7-9-12/h5-9,11H,4,10H2,1-3H3,(H,17,18,19,20). The van der Waals surface area contributed by atoms with Gasteiger partial charge in [-0.25, -0.2) is 0 Å². The Hall–Kier alpha value is -1.88. The van der Waals surface area contributed by atoms with Crippen molar-refractivity contribution >= 4 is 23.5 Å². The first kappa shape index (κ1) is 15.5. The zero-order valence-corrected chi connectivity index (χ0v) is 13.3. The first-order valence-corrected chi connectivity index (χ1v) is 7.44. The molecule has 0 bridgehead atoms. The van der Waals surface area contributed by atoms with Crippen molar-refractivity contribution in [2.45, 2.75) is 33.4 Å². The quantitative estimate of drug-likeness (QED) is 0.886. The highest BCUT2D eigenvalue weighted by atomic mass is 35.5. The molecule has 0 aliphatic rings. The second kappa shape index (κ2) is 7.22. The van der Waals surface area contributed by atoms with Crippen LogP contribution in [0.4, 0.5) is 11.9 Å². The van der Waals surface area contributed by atoms with Crippen molar-refractivity contribution in [3.05, 3.63) is 41.2 Å². The van der Waals surface area contributed by atoms with E-state index in [1.807, 2.05) is 25.1 Å². The van der Waals surface area contributed by atoms with Gasteiger partial charge in [-0.3, -0.25) is 0 Å². The average molecular weight is 306 g/mol. The smallest absolute Gasteiger partial charge is 0.232 e. The van der Waals surface area contributed by atoms with Crippen molar-refractivity contribution in [2.75, 3.05) is 16.8 Å². The molecule has 0 aliphatic carbocycles. The predicted octanol–water partition coefficient (Wildman–Crippen LogP) is 3.37. The molecule has 1 heterocycles. The molecule has 2 rings (SSSR count). The first-order valence-electron chi connectivity index (χ1n) is 7.06. The molecule has 0 saturated carbocycles. The summed E-state index contributed by atoms with van der Waals surface area (Å²) in [7, 11) is 0. The molecular weight excluding hydrogens is 286 g/mol. The Morgan fingerprint density at radius 3 is 2.48 bits per heavy atom. The van der Waals surface area contributed by atoms with E-state index < -0.39 is 0 Å². The minimum absolute atomic E-state index is 0.203. The topological polar surface area (TPSA) is 53.9 Å². The summed E-state index contributed by atoms with van der Waals surface area (Å²) in [4.78, 5) is 14.9. The Morgan fingerprint density at radius 1 is 1.14 bits per heavy atom. The first-order chi connectivity index (χ1) is 10.1. The highest BCUT2D eigenvalue weighted by molar-refractivity contribution is 6.28. The van der Waals surface area contributed by atoms with E-state index in [4.69, 9.17) is 11.6 Å². The van der Waals surface area contributed by atoms with Gasteiger partial charge in [-0.1, -0.05) is 30.3 Å². The highest BCUT2D eigenvalue weighted by Gasteiger charge is 2.16. The van der Waals surface area contributed by atoms with Gasteiger partial charge < -0.3 is 10.2 Å². The fourth-order valence-electron chi connectivity index (χ4n) is 1.97. The van der Waals surface area contributed by atoms with Crippen molar-refractivity contribution < 1.29 is 0 Å². The van der Waals surface area contributed by atoms with E-state index in [9.17, 15) is 0 Å². The number of benzene rings is 1. The molecule has 0 radical (unpaired) electrons. The molecule has 21 heavy (non-hydrogen) atoms. The number of nitrogens with zero attached hydrogens (tertiary/aromatic N) is 4. The summed E-state index contributed by atoms with van der Waals surface area (Å²) < 4.78 is 0. The van der Waals surface area contributed by atoms with Crippen LogP contribution in [0.3, 0.4) is 0 Å². The Kier molecular flexibility index (Phi) is 5.33. The molecule has 1 aromatic carbocycles. The number of aromatic nitrogens is 3. The molecular formula is C15H20ClN5. The van der Waals surface area contributed by atoms with E-state index in [-0.39, 0.29) is 11.3 Å². The number of anilines is 2. The molecule has 112 valence electrons. The summed E-state index contributed by atoms with van der Waals surface area (Å²) in [5, 5.41) is 3.28. The van der Waals surface area contributed by atoms with E-state index >= 15 is 0 Å². The lowest BCUT2D eigenvalue weighted by Gasteiger charge is -2.27. The fourth-order valence-corrected chi connectivity index (χ4v) is 2.13. The van der Waals surface area contributed by atoms with Gasteiger partial charge in [0.2, 0.25) is 17.2 Å². The molecule has 1 aromatic heterocycles. The molecule has 1 N–H and O–H groups in total. The Balaban J connectivity index is 2.29. The third kappa shape index (κ3) is 4.29. The van der Waals surface area contributed by atoms with Crippen molar-refractivity contribution in [3.63, 3.8) is 0 Å². The zero-order valence-electron chi connectivity index (χ0n) is 12.5. The molecule has 5 nitrogen and oxygen atoms in total. The van der Waals surface area contributed by atoms with Crippen LogP contribution in [0.25, 0.3) is 0 Å². The second-order valence-corrected chi connectivity index (χ2v) is 5.30. The molecule has 0 saturated heterocycles. The van der Waals surface area contributed by atoms with Gasteiger partial charge in [0.25, 0.3) is 0 Å². The Morgan fingerprint density at radius 2 is 1.86 bits per heavy atom. The van der Waals surface area contributed by atoms with Gasteiger partial charge in [-0.15, -0.1) is 0 Å². The number of halogens is 1. The summed E-state index contributed by atoms with van der Waals surface area (Å²) in [6.45, 7) is 7.66. The predicted molar refractivity (Wildman–Crippen MR) is 86.8 cm³/mol. The molecule has 0 fully saturated rings. The maximum atomic E-state index is 6.01. The summed E-state index contributed by atoms with van der Waals surface area (Å²) in [5.74, 6) is 1.09. The molecule has 0 aliphatic heterocycles. The van der Waals surface area contributed by atoms with Gasteiger partial charge in [-0.05, 0) is 37.9 Å². The highest BCUT2D eigenvalue weighted by Crippen LogP contribution is 2.19. The third-order valence-corrected chi connectivity index (χ3v) is 3.18. The van der Waals surface area contributed by atoms with Gasteiger partial charge >= 0.3 is 0 Å². The van der Waals surface area contributed by atoms with Gasteiger partial charge in [-0.2, -0.15) is 15.0 Å². The lowest BCUT2D eigenvalue weighted by atomic mass is 10.2. The second-order valence-electron chi connectivity index (χ2n) is 4.97.